The van der Waals surface area contributed by atoms with Gasteiger partial charge in [-0.25, -0.2) is 0 Å². The summed E-state index contributed by atoms with van der Waals surface area (Å²) in [5.74, 6) is 0.216. The third kappa shape index (κ3) is 3.62. The number of nitrogens with zero attached hydrogens (tertiary/aromatic N) is 3. The molecule has 2 aliphatic heterocycles. The zero-order chi connectivity index (χ0) is 20.5. The predicted octanol–water partition coefficient (Wildman–Crippen LogP) is 2.28. The third-order valence-corrected chi connectivity index (χ3v) is 5.68. The molecule has 0 atom stereocenters. The molecule has 29 heavy (non-hydrogen) atoms. The Bertz CT molecular complexity index is 973. The van der Waals surface area contributed by atoms with Crippen molar-refractivity contribution < 1.29 is 19.1 Å². The molecule has 0 bridgehead atoms. The van der Waals surface area contributed by atoms with Gasteiger partial charge in [0.25, 0.3) is 11.8 Å². The van der Waals surface area contributed by atoms with E-state index < -0.39 is 0 Å². The molecule has 8 heteroatoms. The minimum Gasteiger partial charge on any atom is -0.482 e. The quantitative estimate of drug-likeness (QED) is 0.801. The Morgan fingerprint density at radius 3 is 2.72 bits per heavy atom. The number of amides is 2. The molecule has 1 aromatic carbocycles. The number of aromatic nitrogens is 2. The Labute approximate surface area is 168 Å². The van der Waals surface area contributed by atoms with E-state index in [0.717, 1.165) is 12.2 Å². The van der Waals surface area contributed by atoms with E-state index in [1.54, 1.807) is 29.3 Å². The van der Waals surface area contributed by atoms with Crippen molar-refractivity contribution in [3.8, 4) is 5.75 Å². The van der Waals surface area contributed by atoms with E-state index in [-0.39, 0.29) is 30.1 Å². The largest absolute Gasteiger partial charge is 0.482 e. The fraction of sp³-hybridized carbons (Fsp3) is 0.429. The number of nitrogens with one attached hydrogen (secondary N) is 1. The topological polar surface area (TPSA) is 93.5 Å². The molecular weight excluding hydrogens is 372 g/mol. The number of ketones is 1. The molecule has 3 heterocycles. The number of aryl methyl sites for hydroxylation is 1. The minimum atomic E-state index is -0.226. The van der Waals surface area contributed by atoms with Gasteiger partial charge in [0.15, 0.2) is 12.4 Å². The average molecular weight is 396 g/mol. The Morgan fingerprint density at radius 1 is 1.28 bits per heavy atom. The SMILES string of the molecule is CCn1ncc(C(=O)N2CCC(C(=O)c3ccc4c(c3)NC(=O)CO4)CC2)c1C. The fourth-order valence-corrected chi connectivity index (χ4v) is 3.96. The third-order valence-electron chi connectivity index (χ3n) is 5.68. The highest BCUT2D eigenvalue weighted by atomic mass is 16.5. The molecule has 2 aliphatic rings. The first-order chi connectivity index (χ1) is 14.0. The summed E-state index contributed by atoms with van der Waals surface area (Å²) in [4.78, 5) is 39.1. The van der Waals surface area contributed by atoms with Crippen LogP contribution in [0.2, 0.25) is 0 Å². The second kappa shape index (κ2) is 7.69. The summed E-state index contributed by atoms with van der Waals surface area (Å²) in [6.45, 7) is 5.68. The van der Waals surface area contributed by atoms with Crippen LogP contribution in [0.4, 0.5) is 5.69 Å². The Morgan fingerprint density at radius 2 is 2.03 bits per heavy atom. The maximum Gasteiger partial charge on any atom is 0.262 e. The molecule has 8 nitrogen and oxygen atoms in total. The van der Waals surface area contributed by atoms with Crippen molar-refractivity contribution in [2.24, 2.45) is 5.92 Å². The number of anilines is 1. The smallest absolute Gasteiger partial charge is 0.262 e. The van der Waals surface area contributed by atoms with Crippen LogP contribution in [0.1, 0.15) is 46.2 Å². The number of hydrogen-bond donors (Lipinski definition) is 1. The highest BCUT2D eigenvalue weighted by Crippen LogP contribution is 2.31. The summed E-state index contributed by atoms with van der Waals surface area (Å²) >= 11 is 0. The minimum absolute atomic E-state index is 0.0105. The van der Waals surface area contributed by atoms with Crippen LogP contribution >= 0.6 is 0 Å². The molecule has 152 valence electrons. The summed E-state index contributed by atoms with van der Waals surface area (Å²) in [7, 11) is 0. The number of fused-ring (bicyclic) bond motifs is 1. The number of carbonyl (C=O) groups excluding carboxylic acids is 3. The molecule has 0 saturated carbocycles. The average Bonchev–Trinajstić information content (AvgIpc) is 3.12. The molecule has 2 aromatic rings. The van der Waals surface area contributed by atoms with Gasteiger partial charge in [0.1, 0.15) is 5.75 Å². The lowest BCUT2D eigenvalue weighted by Crippen LogP contribution is -2.40. The highest BCUT2D eigenvalue weighted by molar-refractivity contribution is 6.02. The zero-order valence-corrected chi connectivity index (χ0v) is 16.6. The van der Waals surface area contributed by atoms with Crippen LogP contribution in [0.5, 0.6) is 5.75 Å². The van der Waals surface area contributed by atoms with E-state index in [0.29, 0.717) is 48.5 Å². The summed E-state index contributed by atoms with van der Waals surface area (Å²) < 4.78 is 7.15. The van der Waals surface area contributed by atoms with Crippen LogP contribution in [0.15, 0.2) is 24.4 Å². The standard InChI is InChI=1S/C21H24N4O4/c1-3-25-13(2)16(11-22-25)21(28)24-8-6-14(7-9-24)20(27)15-4-5-18-17(10-15)23-19(26)12-29-18/h4-5,10-11,14H,3,6-9,12H2,1-2H3,(H,23,26). The Hall–Kier alpha value is -3.16. The Kier molecular flexibility index (Phi) is 5.08. The molecule has 1 saturated heterocycles. The molecule has 1 N–H and O–H groups in total. The van der Waals surface area contributed by atoms with Crippen LogP contribution in [-0.2, 0) is 11.3 Å². The fourth-order valence-electron chi connectivity index (χ4n) is 3.96. The van der Waals surface area contributed by atoms with Crippen LogP contribution in [0, 0.1) is 12.8 Å². The van der Waals surface area contributed by atoms with Crippen LogP contribution in [-0.4, -0.2) is 52.0 Å². The van der Waals surface area contributed by atoms with Crippen molar-refractivity contribution in [3.05, 3.63) is 41.2 Å². The van der Waals surface area contributed by atoms with Crippen molar-refractivity contribution >= 4 is 23.3 Å². The number of benzene rings is 1. The zero-order valence-electron chi connectivity index (χ0n) is 16.6. The van der Waals surface area contributed by atoms with Crippen molar-refractivity contribution in [2.45, 2.75) is 33.2 Å². The van der Waals surface area contributed by atoms with Gasteiger partial charge in [-0.3, -0.25) is 19.1 Å². The first kappa shape index (κ1) is 19.2. The molecule has 0 unspecified atom stereocenters. The van der Waals surface area contributed by atoms with Gasteiger partial charge >= 0.3 is 0 Å². The lowest BCUT2D eigenvalue weighted by Gasteiger charge is -2.31. The van der Waals surface area contributed by atoms with Gasteiger partial charge in [0.05, 0.1) is 17.4 Å². The van der Waals surface area contributed by atoms with E-state index in [1.165, 1.54) is 0 Å². The molecular formula is C21H24N4O4. The van der Waals surface area contributed by atoms with Crippen LogP contribution in [0.25, 0.3) is 0 Å². The van der Waals surface area contributed by atoms with Gasteiger partial charge in [-0.15, -0.1) is 0 Å². The summed E-state index contributed by atoms with van der Waals surface area (Å²) in [5, 5.41) is 6.98. The van der Waals surface area contributed by atoms with Crippen molar-refractivity contribution in [2.75, 3.05) is 25.0 Å². The second-order valence-corrected chi connectivity index (χ2v) is 7.44. The molecule has 4 rings (SSSR count). The van der Waals surface area contributed by atoms with Gasteiger partial charge in [-0.2, -0.15) is 5.10 Å². The summed E-state index contributed by atoms with van der Waals surface area (Å²) in [6, 6.07) is 5.13. The van der Waals surface area contributed by atoms with Crippen molar-refractivity contribution in [1.29, 1.82) is 0 Å². The number of likely N-dealkylation sites (tertiary alicyclic amines) is 1. The van der Waals surface area contributed by atoms with E-state index >= 15 is 0 Å². The number of Topliss-reactive ketones (excluding diaryl/α,β-unsaturated/α-hetero) is 1. The molecule has 0 aliphatic carbocycles. The van der Waals surface area contributed by atoms with Gasteiger partial charge in [0.2, 0.25) is 0 Å². The summed E-state index contributed by atoms with van der Waals surface area (Å²) in [6.07, 6.45) is 2.86. The van der Waals surface area contributed by atoms with Crippen LogP contribution in [0.3, 0.4) is 0 Å². The van der Waals surface area contributed by atoms with Gasteiger partial charge in [0, 0.05) is 36.8 Å². The maximum atomic E-state index is 12.9. The van der Waals surface area contributed by atoms with Crippen molar-refractivity contribution in [3.63, 3.8) is 0 Å². The van der Waals surface area contributed by atoms with E-state index in [4.69, 9.17) is 4.74 Å². The van der Waals surface area contributed by atoms with E-state index in [2.05, 4.69) is 10.4 Å². The van der Waals surface area contributed by atoms with Crippen LogP contribution < -0.4 is 10.1 Å². The lowest BCUT2D eigenvalue weighted by molar-refractivity contribution is -0.118. The van der Waals surface area contributed by atoms with Gasteiger partial charge in [-0.05, 0) is 44.9 Å². The predicted molar refractivity (Wildman–Crippen MR) is 106 cm³/mol. The molecule has 0 spiro atoms. The first-order valence-electron chi connectivity index (χ1n) is 9.90. The van der Waals surface area contributed by atoms with Crippen molar-refractivity contribution in [1.82, 2.24) is 14.7 Å². The monoisotopic (exact) mass is 396 g/mol. The van der Waals surface area contributed by atoms with E-state index in [9.17, 15) is 14.4 Å². The molecule has 0 radical (unpaired) electrons. The van der Waals surface area contributed by atoms with E-state index in [1.807, 2.05) is 18.5 Å². The number of carbonyl (C=O) groups is 3. The number of piperidine rings is 1. The molecule has 1 aromatic heterocycles. The Balaban J connectivity index is 1.41. The first-order valence-corrected chi connectivity index (χ1v) is 9.90. The van der Waals surface area contributed by atoms with Gasteiger partial charge < -0.3 is 15.0 Å². The number of rotatable bonds is 4. The highest BCUT2D eigenvalue weighted by Gasteiger charge is 2.30. The summed E-state index contributed by atoms with van der Waals surface area (Å²) in [5.41, 5.74) is 2.58. The molecule has 2 amide bonds. The van der Waals surface area contributed by atoms with Gasteiger partial charge in [-0.1, -0.05) is 0 Å². The number of hydrogen-bond acceptors (Lipinski definition) is 5. The lowest BCUT2D eigenvalue weighted by atomic mass is 9.88. The second-order valence-electron chi connectivity index (χ2n) is 7.44. The number of ether oxygens (including phenoxy) is 1. The molecule has 1 fully saturated rings. The maximum absolute atomic E-state index is 12.9. The normalized spacial score (nSPS) is 16.8.